The van der Waals surface area contributed by atoms with Gasteiger partial charge in [0.1, 0.15) is 5.69 Å². The summed E-state index contributed by atoms with van der Waals surface area (Å²) in [7, 11) is -6.56. The Bertz CT molecular complexity index is 1560. The number of hydrogen-bond donors (Lipinski definition) is 1. The molecule has 0 saturated carbocycles. The number of rotatable bonds is 8. The number of amides is 1. The van der Waals surface area contributed by atoms with Crippen LogP contribution in [0.4, 0.5) is 19.6 Å². The Hall–Kier alpha value is -3.28. The number of sulfonamides is 2. The summed E-state index contributed by atoms with van der Waals surface area (Å²) >= 11 is 1.07. The lowest BCUT2D eigenvalue weighted by Gasteiger charge is -2.33. The van der Waals surface area contributed by atoms with Crippen molar-refractivity contribution in [2.24, 2.45) is 5.73 Å². The molecule has 2 aromatic heterocycles. The van der Waals surface area contributed by atoms with Crippen LogP contribution in [0.15, 0.2) is 40.7 Å². The van der Waals surface area contributed by atoms with Gasteiger partial charge < -0.3 is 10.6 Å². The molecule has 204 valence electrons. The summed E-state index contributed by atoms with van der Waals surface area (Å²) in [6, 6.07) is 6.97. The number of carbonyl (C=O) groups is 1. The summed E-state index contributed by atoms with van der Waals surface area (Å²) in [5.41, 5.74) is 5.39. The van der Waals surface area contributed by atoms with E-state index in [0.717, 1.165) is 21.9 Å². The maximum absolute atomic E-state index is 13.2. The number of nitrogens with zero attached hydrogens (tertiary/aromatic N) is 6. The van der Waals surface area contributed by atoms with E-state index in [2.05, 4.69) is 15.2 Å². The fourth-order valence-corrected chi connectivity index (χ4v) is 6.52. The number of aromatic nitrogens is 3. The number of halogens is 2. The topological polar surface area (TPSA) is 160 Å². The second-order valence-electron chi connectivity index (χ2n) is 8.30. The minimum Gasteiger partial charge on any atom is -0.366 e. The first-order valence-electron chi connectivity index (χ1n) is 11.0. The number of nitrogens with two attached hydrogens (primary N) is 1. The van der Waals surface area contributed by atoms with Crippen LogP contribution in [-0.4, -0.2) is 81.7 Å². The zero-order chi connectivity index (χ0) is 27.8. The Balaban J connectivity index is 1.57. The molecule has 2 N–H and O–H groups in total. The van der Waals surface area contributed by atoms with E-state index in [1.807, 2.05) is 0 Å². The third-order valence-electron chi connectivity index (χ3n) is 5.88. The van der Waals surface area contributed by atoms with Gasteiger partial charge in [0, 0.05) is 44.2 Å². The van der Waals surface area contributed by atoms with E-state index in [-0.39, 0.29) is 59.4 Å². The van der Waals surface area contributed by atoms with Crippen molar-refractivity contribution >= 4 is 48.1 Å². The van der Waals surface area contributed by atoms with Crippen molar-refractivity contribution < 1.29 is 30.4 Å². The second-order valence-corrected chi connectivity index (χ2v) is 13.0. The molecule has 0 bridgehead atoms. The van der Waals surface area contributed by atoms with Crippen LogP contribution >= 0.6 is 11.3 Å². The first-order chi connectivity index (χ1) is 17.8. The highest BCUT2D eigenvalue weighted by atomic mass is 32.2. The van der Waals surface area contributed by atoms with Crippen molar-refractivity contribution in [2.45, 2.75) is 11.5 Å². The summed E-state index contributed by atoms with van der Waals surface area (Å²) < 4.78 is 78.5. The average molecular weight is 588 g/mol. The van der Waals surface area contributed by atoms with Crippen LogP contribution in [0.2, 0.25) is 0 Å². The van der Waals surface area contributed by atoms with Crippen LogP contribution in [-0.2, 0) is 20.0 Å². The molecule has 4 rings (SSSR count). The standard InChI is InChI=1S/C21H23F2N7O5S3/c1-28(37(2,32)33)18-13(4-3-5-14(18)20(24)31)15-6-7-17(27-26-15)38(34,35)30-10-8-29(9-11-30)21-25-16(12-36-21)19(22)23/h3-7,12,19H,8-11H2,1-2H3,(H2,24,31). The van der Waals surface area contributed by atoms with Crippen molar-refractivity contribution in [1.82, 2.24) is 19.5 Å². The minimum absolute atomic E-state index is 0.0132. The molecule has 1 aromatic carbocycles. The third kappa shape index (κ3) is 5.45. The molecule has 17 heteroatoms. The monoisotopic (exact) mass is 587 g/mol. The first kappa shape index (κ1) is 27.7. The zero-order valence-corrected chi connectivity index (χ0v) is 22.6. The number of piperazine rings is 1. The maximum atomic E-state index is 13.2. The lowest BCUT2D eigenvalue weighted by atomic mass is 10.0. The molecule has 3 aromatic rings. The molecule has 1 amide bonds. The van der Waals surface area contributed by atoms with Crippen molar-refractivity contribution in [3.8, 4) is 11.3 Å². The molecule has 1 aliphatic rings. The van der Waals surface area contributed by atoms with Gasteiger partial charge in [0.05, 0.1) is 23.2 Å². The second kappa shape index (κ2) is 10.5. The van der Waals surface area contributed by atoms with Gasteiger partial charge in [-0.1, -0.05) is 12.1 Å². The number of carbonyl (C=O) groups excluding carboxylic acids is 1. The van der Waals surface area contributed by atoms with Gasteiger partial charge in [0.25, 0.3) is 22.4 Å². The van der Waals surface area contributed by atoms with Crippen molar-refractivity contribution in [1.29, 1.82) is 0 Å². The Morgan fingerprint density at radius 3 is 2.29 bits per heavy atom. The average Bonchev–Trinajstić information content (AvgIpc) is 3.38. The lowest BCUT2D eigenvalue weighted by molar-refractivity contribution is 0.100. The highest BCUT2D eigenvalue weighted by Crippen LogP contribution is 2.34. The molecule has 0 spiro atoms. The molecule has 0 radical (unpaired) electrons. The summed E-state index contributed by atoms with van der Waals surface area (Å²) in [6.45, 7) is 0.669. The van der Waals surface area contributed by atoms with E-state index in [1.54, 1.807) is 4.90 Å². The van der Waals surface area contributed by atoms with E-state index in [1.165, 1.54) is 47.1 Å². The van der Waals surface area contributed by atoms with Crippen LogP contribution in [0.25, 0.3) is 11.3 Å². The first-order valence-corrected chi connectivity index (χ1v) is 15.2. The predicted octanol–water partition coefficient (Wildman–Crippen LogP) is 1.54. The Morgan fingerprint density at radius 1 is 1.08 bits per heavy atom. The van der Waals surface area contributed by atoms with Crippen molar-refractivity contribution in [2.75, 3.05) is 48.7 Å². The van der Waals surface area contributed by atoms with Crippen LogP contribution < -0.4 is 14.9 Å². The molecule has 0 aliphatic carbocycles. The van der Waals surface area contributed by atoms with Gasteiger partial charge in [0.2, 0.25) is 10.0 Å². The van der Waals surface area contributed by atoms with E-state index < -0.39 is 32.4 Å². The summed E-state index contributed by atoms with van der Waals surface area (Å²) in [5.74, 6) is -0.855. The maximum Gasteiger partial charge on any atom is 0.281 e. The van der Waals surface area contributed by atoms with Gasteiger partial charge in [0.15, 0.2) is 10.2 Å². The fraction of sp³-hybridized carbons (Fsp3) is 0.333. The van der Waals surface area contributed by atoms with Gasteiger partial charge >= 0.3 is 0 Å². The number of alkyl halides is 2. The SMILES string of the molecule is CN(c1c(C(N)=O)cccc1-c1ccc(S(=O)(=O)N2CCN(c3nc(C(F)F)cs3)CC2)nn1)S(C)(=O)=O. The van der Waals surface area contributed by atoms with Gasteiger partial charge in [-0.25, -0.2) is 30.6 Å². The van der Waals surface area contributed by atoms with Gasteiger partial charge in [-0.05, 0) is 18.2 Å². The predicted molar refractivity (Wildman–Crippen MR) is 137 cm³/mol. The Labute approximate surface area is 221 Å². The fourth-order valence-electron chi connectivity index (χ4n) is 3.83. The molecule has 1 fully saturated rings. The van der Waals surface area contributed by atoms with Crippen molar-refractivity contribution in [3.63, 3.8) is 0 Å². The van der Waals surface area contributed by atoms with Gasteiger partial charge in [-0.3, -0.25) is 9.10 Å². The van der Waals surface area contributed by atoms with E-state index in [9.17, 15) is 30.4 Å². The number of benzene rings is 1. The molecule has 12 nitrogen and oxygen atoms in total. The smallest absolute Gasteiger partial charge is 0.281 e. The summed E-state index contributed by atoms with van der Waals surface area (Å²) in [4.78, 5) is 17.6. The van der Waals surface area contributed by atoms with E-state index in [4.69, 9.17) is 5.73 Å². The van der Waals surface area contributed by atoms with E-state index in [0.29, 0.717) is 5.13 Å². The summed E-state index contributed by atoms with van der Waals surface area (Å²) in [6.07, 6.45) is -1.72. The molecular formula is C21H23F2N7O5S3. The molecule has 1 saturated heterocycles. The number of primary amides is 1. The van der Waals surface area contributed by atoms with Gasteiger partial charge in [-0.15, -0.1) is 21.5 Å². The van der Waals surface area contributed by atoms with E-state index >= 15 is 0 Å². The quantitative estimate of drug-likeness (QED) is 0.412. The van der Waals surface area contributed by atoms with Crippen molar-refractivity contribution in [3.05, 3.63) is 47.0 Å². The third-order valence-corrected chi connectivity index (χ3v) is 9.77. The molecule has 0 atom stereocenters. The number of para-hydroxylation sites is 1. The summed E-state index contributed by atoms with van der Waals surface area (Å²) in [5, 5.41) is 9.21. The zero-order valence-electron chi connectivity index (χ0n) is 20.2. The highest BCUT2D eigenvalue weighted by Gasteiger charge is 2.31. The van der Waals surface area contributed by atoms with Gasteiger partial charge in [-0.2, -0.15) is 4.31 Å². The normalized spacial score (nSPS) is 15.1. The van der Waals surface area contributed by atoms with Crippen LogP contribution in [0, 0.1) is 0 Å². The van der Waals surface area contributed by atoms with Crippen LogP contribution in [0.5, 0.6) is 0 Å². The number of hydrogen-bond acceptors (Lipinski definition) is 10. The van der Waals surface area contributed by atoms with Crippen LogP contribution in [0.3, 0.4) is 0 Å². The number of thiazole rings is 1. The Morgan fingerprint density at radius 2 is 1.76 bits per heavy atom. The molecule has 1 aliphatic heterocycles. The molecule has 38 heavy (non-hydrogen) atoms. The minimum atomic E-state index is -4.03. The molecule has 3 heterocycles. The largest absolute Gasteiger partial charge is 0.366 e. The van der Waals surface area contributed by atoms with Crippen LogP contribution in [0.1, 0.15) is 22.5 Å². The molecular weight excluding hydrogens is 564 g/mol. The number of anilines is 2. The highest BCUT2D eigenvalue weighted by molar-refractivity contribution is 7.92. The Kier molecular flexibility index (Phi) is 7.64. The molecule has 0 unspecified atom stereocenters. The lowest BCUT2D eigenvalue weighted by Crippen LogP contribution is -2.48.